The van der Waals surface area contributed by atoms with Gasteiger partial charge in [-0.05, 0) is 42.9 Å². The van der Waals surface area contributed by atoms with Crippen LogP contribution >= 0.6 is 0 Å². The summed E-state index contributed by atoms with van der Waals surface area (Å²) in [4.78, 5) is 23.7. The molecule has 2 unspecified atom stereocenters. The molecule has 0 heterocycles. The van der Waals surface area contributed by atoms with Gasteiger partial charge in [-0.1, -0.05) is 40.5 Å². The average molecular weight is 439 g/mol. The molecule has 7 nitrogen and oxygen atoms in total. The number of rotatable bonds is 11. The Labute approximate surface area is 195 Å². The maximum atomic E-state index is 12.2. The molecular weight excluding hydrogens is 407 g/mol. The van der Waals surface area contributed by atoms with E-state index in [2.05, 4.69) is 0 Å². The summed E-state index contributed by atoms with van der Waals surface area (Å²) in [6.45, 7) is 8.44. The summed E-state index contributed by atoms with van der Waals surface area (Å²) in [6, 6.07) is 3.37. The second kappa shape index (κ2) is 13.4. The summed E-state index contributed by atoms with van der Waals surface area (Å²) in [6.07, 6.45) is 3.22. The first-order valence-electron chi connectivity index (χ1n) is 9.55. The first-order chi connectivity index (χ1) is 13.1. The van der Waals surface area contributed by atoms with Gasteiger partial charge in [0.15, 0.2) is 0 Å². The van der Waals surface area contributed by atoms with Gasteiger partial charge in [0.05, 0.1) is 24.3 Å². The molecule has 160 valence electrons. The zero-order valence-corrected chi connectivity index (χ0v) is 17.8. The van der Waals surface area contributed by atoms with Crippen molar-refractivity contribution in [3.8, 4) is 0 Å². The molecule has 0 saturated carbocycles. The van der Waals surface area contributed by atoms with Crippen molar-refractivity contribution in [3.05, 3.63) is 29.3 Å². The fourth-order valence-electron chi connectivity index (χ4n) is 2.31. The van der Waals surface area contributed by atoms with E-state index in [1.165, 1.54) is 6.07 Å². The molecule has 0 saturated heterocycles. The standard InChI is InChI=1S/C20H30O7S.Na.H/c1-5-14(3)9-11-26-19(21)16-7-8-17(18(13-16)28(23,24)25)20(22)27-12-10-15(4)6-2;;/h7-8,13-15H,5-6,9-12H2,1-4H3,(H,23,24,25);;. The minimum absolute atomic E-state index is 0. The Hall–Kier alpha value is -0.930. The van der Waals surface area contributed by atoms with Crippen LogP contribution in [0.25, 0.3) is 0 Å². The van der Waals surface area contributed by atoms with Crippen molar-refractivity contribution >= 4 is 51.6 Å². The molecule has 2 atom stereocenters. The predicted molar refractivity (Wildman–Crippen MR) is 112 cm³/mol. The second-order valence-electron chi connectivity index (χ2n) is 7.06. The average Bonchev–Trinajstić information content (AvgIpc) is 2.66. The molecule has 0 aliphatic carbocycles. The molecule has 1 N–H and O–H groups in total. The molecule has 0 aliphatic heterocycles. The first kappa shape index (κ1) is 28.1. The van der Waals surface area contributed by atoms with Crippen LogP contribution in [0.4, 0.5) is 0 Å². The van der Waals surface area contributed by atoms with Crippen LogP contribution in [0.5, 0.6) is 0 Å². The molecule has 0 aromatic heterocycles. The Balaban J connectivity index is 0.00000784. The van der Waals surface area contributed by atoms with Crippen molar-refractivity contribution in [2.75, 3.05) is 13.2 Å². The molecule has 0 amide bonds. The fourth-order valence-corrected chi connectivity index (χ4v) is 3.01. The molecule has 0 bridgehead atoms. The molecule has 29 heavy (non-hydrogen) atoms. The van der Waals surface area contributed by atoms with Crippen LogP contribution in [0.3, 0.4) is 0 Å². The Bertz CT molecular complexity index is 777. The molecule has 1 aromatic carbocycles. The van der Waals surface area contributed by atoms with Crippen molar-refractivity contribution < 1.29 is 32.0 Å². The second-order valence-corrected chi connectivity index (χ2v) is 8.45. The van der Waals surface area contributed by atoms with E-state index in [0.717, 1.165) is 25.0 Å². The normalized spacial score (nSPS) is 13.1. The van der Waals surface area contributed by atoms with E-state index >= 15 is 0 Å². The third-order valence-electron chi connectivity index (χ3n) is 4.80. The Morgan fingerprint density at radius 2 is 1.45 bits per heavy atom. The van der Waals surface area contributed by atoms with Crippen molar-refractivity contribution in [3.63, 3.8) is 0 Å². The SMILES string of the molecule is CCC(C)CCOC(=O)c1ccc(C(=O)OCCC(C)CC)c(S(=O)(=O)O)c1.[NaH]. The van der Waals surface area contributed by atoms with E-state index < -0.39 is 27.0 Å². The van der Waals surface area contributed by atoms with E-state index in [0.29, 0.717) is 24.7 Å². The van der Waals surface area contributed by atoms with E-state index in [4.69, 9.17) is 9.47 Å². The number of esters is 2. The zero-order valence-electron chi connectivity index (χ0n) is 16.9. The Morgan fingerprint density at radius 3 is 1.90 bits per heavy atom. The zero-order chi connectivity index (χ0) is 21.3. The number of carbonyl (C=O) groups excluding carboxylic acids is 2. The van der Waals surface area contributed by atoms with Crippen LogP contribution in [-0.2, 0) is 19.6 Å². The van der Waals surface area contributed by atoms with Crippen LogP contribution in [0.15, 0.2) is 23.1 Å². The minimum atomic E-state index is -4.73. The summed E-state index contributed by atoms with van der Waals surface area (Å²) >= 11 is 0. The van der Waals surface area contributed by atoms with Crippen LogP contribution in [0, 0.1) is 11.8 Å². The van der Waals surface area contributed by atoms with Gasteiger partial charge in [0.1, 0.15) is 4.90 Å². The first-order valence-corrected chi connectivity index (χ1v) is 11.0. The molecule has 1 aromatic rings. The quantitative estimate of drug-likeness (QED) is 0.320. The van der Waals surface area contributed by atoms with Gasteiger partial charge in [-0.25, -0.2) is 9.59 Å². The number of hydrogen-bond acceptors (Lipinski definition) is 6. The summed E-state index contributed by atoms with van der Waals surface area (Å²) in [7, 11) is -4.73. The van der Waals surface area contributed by atoms with Gasteiger partial charge < -0.3 is 9.47 Å². The molecule has 0 aliphatic rings. The number of benzene rings is 1. The number of hydrogen-bond donors (Lipinski definition) is 1. The van der Waals surface area contributed by atoms with E-state index in [1.807, 2.05) is 27.7 Å². The van der Waals surface area contributed by atoms with E-state index in [-0.39, 0.29) is 53.9 Å². The summed E-state index contributed by atoms with van der Waals surface area (Å²) < 4.78 is 43.1. The van der Waals surface area contributed by atoms with Gasteiger partial charge in [0.2, 0.25) is 0 Å². The van der Waals surface area contributed by atoms with Gasteiger partial charge in [-0.3, -0.25) is 4.55 Å². The van der Waals surface area contributed by atoms with Crippen molar-refractivity contribution in [1.82, 2.24) is 0 Å². The number of ether oxygens (including phenoxy) is 2. The topological polar surface area (TPSA) is 107 Å². The van der Waals surface area contributed by atoms with Crippen molar-refractivity contribution in [2.24, 2.45) is 11.8 Å². The van der Waals surface area contributed by atoms with E-state index in [9.17, 15) is 22.6 Å². The van der Waals surface area contributed by atoms with Crippen LogP contribution in [0.1, 0.15) is 74.1 Å². The molecule has 1 rings (SSSR count). The fraction of sp³-hybridized carbons (Fsp3) is 0.600. The predicted octanol–water partition coefficient (Wildman–Crippen LogP) is 3.47. The van der Waals surface area contributed by atoms with Crippen molar-refractivity contribution in [2.45, 2.75) is 58.3 Å². The van der Waals surface area contributed by atoms with Crippen LogP contribution in [-0.4, -0.2) is 67.7 Å². The summed E-state index contributed by atoms with van der Waals surface area (Å²) in [5, 5.41) is 0. The van der Waals surface area contributed by atoms with Gasteiger partial charge in [0, 0.05) is 0 Å². The van der Waals surface area contributed by atoms with Gasteiger partial charge in [-0.15, -0.1) is 0 Å². The summed E-state index contributed by atoms with van der Waals surface area (Å²) in [5.74, 6) is -0.826. The molecular formula is C20H31NaO7S. The van der Waals surface area contributed by atoms with Crippen LogP contribution in [0.2, 0.25) is 0 Å². The third-order valence-corrected chi connectivity index (χ3v) is 5.69. The Kier molecular flexibility index (Phi) is 13.0. The van der Waals surface area contributed by atoms with Gasteiger partial charge in [0.25, 0.3) is 10.1 Å². The maximum absolute atomic E-state index is 12.2. The van der Waals surface area contributed by atoms with Gasteiger partial charge >= 0.3 is 41.5 Å². The Morgan fingerprint density at radius 1 is 0.966 bits per heavy atom. The monoisotopic (exact) mass is 438 g/mol. The third kappa shape index (κ3) is 9.61. The number of carbonyl (C=O) groups is 2. The molecule has 0 spiro atoms. The van der Waals surface area contributed by atoms with Crippen LogP contribution < -0.4 is 0 Å². The van der Waals surface area contributed by atoms with Gasteiger partial charge in [-0.2, -0.15) is 8.42 Å². The van der Waals surface area contributed by atoms with E-state index in [1.54, 1.807) is 0 Å². The summed E-state index contributed by atoms with van der Waals surface area (Å²) in [5.41, 5.74) is -0.379. The molecule has 0 radical (unpaired) electrons. The molecule has 9 heteroatoms. The van der Waals surface area contributed by atoms with Crippen molar-refractivity contribution in [1.29, 1.82) is 0 Å². The molecule has 0 fully saturated rings.